The van der Waals surface area contributed by atoms with Crippen LogP contribution in [0, 0.1) is 41.4 Å². The Morgan fingerprint density at radius 3 is 2.25 bits per heavy atom. The van der Waals surface area contributed by atoms with Crippen LogP contribution >= 0.6 is 0 Å². The number of anilines is 1. The predicted molar refractivity (Wildman–Crippen MR) is 80.2 cm³/mol. The molecule has 1 aliphatic rings. The van der Waals surface area contributed by atoms with Gasteiger partial charge in [-0.1, -0.05) is 5.92 Å². The molecule has 4 nitrogen and oxygen atoms in total. The molecule has 1 aliphatic heterocycles. The van der Waals surface area contributed by atoms with Crippen molar-refractivity contribution in [2.45, 2.75) is 6.11 Å². The first-order valence-electron chi connectivity index (χ1n) is 7.22. The van der Waals surface area contributed by atoms with E-state index in [0.29, 0.717) is 6.07 Å². The van der Waals surface area contributed by atoms with E-state index < -0.39 is 76.0 Å². The quantitative estimate of drug-likeness (QED) is 0.478. The third kappa shape index (κ3) is 2.96. The van der Waals surface area contributed by atoms with Gasteiger partial charge in [0.15, 0.2) is 23.1 Å². The number of amides is 1. The molecule has 3 rings (SSSR count). The van der Waals surface area contributed by atoms with Crippen molar-refractivity contribution in [2.75, 3.05) is 11.9 Å². The summed E-state index contributed by atoms with van der Waals surface area (Å²) in [6.07, 6.45) is 0.518. The smallest absolute Gasteiger partial charge is 0.475 e. The Kier molecular flexibility index (Phi) is 4.58. The van der Waals surface area contributed by atoms with Gasteiger partial charge in [0.05, 0.1) is 11.3 Å². The summed E-state index contributed by atoms with van der Waals surface area (Å²) in [6, 6.07) is 0.760. The fourth-order valence-corrected chi connectivity index (χ4v) is 2.40. The van der Waals surface area contributed by atoms with E-state index in [-0.39, 0.29) is 6.07 Å². The Hall–Kier alpha value is -3.42. The average molecular weight is 405 g/mol. The van der Waals surface area contributed by atoms with Crippen LogP contribution in [0.3, 0.4) is 0 Å². The number of alkyl halides is 2. The predicted octanol–water partition coefficient (Wildman–Crippen LogP) is 3.98. The van der Waals surface area contributed by atoms with E-state index in [1.54, 1.807) is 5.32 Å². The lowest BCUT2D eigenvalue weighted by Gasteiger charge is -2.25. The van der Waals surface area contributed by atoms with Crippen molar-refractivity contribution in [3.63, 3.8) is 0 Å². The second-order valence-electron chi connectivity index (χ2n) is 5.35. The molecule has 28 heavy (non-hydrogen) atoms. The minimum absolute atomic E-state index is 0.273. The van der Waals surface area contributed by atoms with Gasteiger partial charge in [0.1, 0.15) is 12.4 Å². The minimum atomic E-state index is -4.31. The van der Waals surface area contributed by atoms with Crippen molar-refractivity contribution >= 4 is 11.6 Å². The molecule has 0 radical (unpaired) electrons. The van der Waals surface area contributed by atoms with Gasteiger partial charge < -0.3 is 14.8 Å². The van der Waals surface area contributed by atoms with Crippen molar-refractivity contribution in [1.82, 2.24) is 0 Å². The van der Waals surface area contributed by atoms with Gasteiger partial charge >= 0.3 is 12.0 Å². The van der Waals surface area contributed by atoms with Crippen LogP contribution in [0.2, 0.25) is 0 Å². The Morgan fingerprint density at radius 1 is 1.07 bits per heavy atom. The Balaban J connectivity index is 2.19. The molecule has 146 valence electrons. The molecule has 2 aromatic carbocycles. The molecule has 0 saturated carbocycles. The number of fused-ring (bicyclic) bond motifs is 1. The number of halogens is 7. The van der Waals surface area contributed by atoms with Crippen LogP contribution in [0.4, 0.5) is 36.4 Å². The lowest BCUT2D eigenvalue weighted by atomic mass is 10.0. The van der Waals surface area contributed by atoms with Crippen LogP contribution < -0.4 is 14.8 Å². The van der Waals surface area contributed by atoms with Crippen LogP contribution in [-0.2, 0) is 4.79 Å². The summed E-state index contributed by atoms with van der Waals surface area (Å²) >= 11 is 0. The second-order valence-corrected chi connectivity index (χ2v) is 5.35. The first-order valence-corrected chi connectivity index (χ1v) is 7.22. The maximum atomic E-state index is 14.3. The molecular formula is C17H6F7NO3. The summed E-state index contributed by atoms with van der Waals surface area (Å²) in [5.41, 5.74) is -3.15. The summed E-state index contributed by atoms with van der Waals surface area (Å²) in [4.78, 5) is 11.2. The van der Waals surface area contributed by atoms with Gasteiger partial charge in [-0.05, 0) is 6.07 Å². The molecule has 0 unspecified atom stereocenters. The monoisotopic (exact) mass is 405 g/mol. The first-order chi connectivity index (χ1) is 13.1. The van der Waals surface area contributed by atoms with Crippen LogP contribution in [-0.4, -0.2) is 18.6 Å². The number of hydrogen-bond donors (Lipinski definition) is 1. The van der Waals surface area contributed by atoms with Crippen LogP contribution in [0.25, 0.3) is 11.1 Å². The molecule has 0 spiro atoms. The number of nitrogens with one attached hydrogen (secondary N) is 1. The summed E-state index contributed by atoms with van der Waals surface area (Å²) in [6.45, 7) is -0.711. The highest BCUT2D eigenvalue weighted by Crippen LogP contribution is 2.42. The average Bonchev–Trinajstić information content (AvgIpc) is 2.62. The largest absolute Gasteiger partial charge is 0.482 e. The van der Waals surface area contributed by atoms with Crippen molar-refractivity contribution < 1.29 is 45.0 Å². The number of rotatable bonds is 3. The lowest BCUT2D eigenvalue weighted by Crippen LogP contribution is -2.43. The Morgan fingerprint density at radius 2 is 1.68 bits per heavy atom. The summed E-state index contributed by atoms with van der Waals surface area (Å²) < 4.78 is 106. The van der Waals surface area contributed by atoms with Crippen molar-refractivity contribution in [1.29, 1.82) is 0 Å². The molecule has 0 aliphatic carbocycles. The number of benzene rings is 2. The summed E-state index contributed by atoms with van der Waals surface area (Å²) in [5.74, 6) is -12.0. The Bertz CT molecular complexity index is 1020. The van der Waals surface area contributed by atoms with Crippen LogP contribution in [0.5, 0.6) is 11.5 Å². The number of carbonyl (C=O) groups is 1. The van der Waals surface area contributed by atoms with E-state index in [0.717, 1.165) is 0 Å². The van der Waals surface area contributed by atoms with Gasteiger partial charge in [-0.2, -0.15) is 17.6 Å². The van der Waals surface area contributed by atoms with Crippen molar-refractivity contribution in [3.05, 3.63) is 41.2 Å². The molecule has 0 aromatic heterocycles. The zero-order valence-corrected chi connectivity index (χ0v) is 13.3. The molecule has 0 atom stereocenters. The fourth-order valence-electron chi connectivity index (χ4n) is 2.40. The van der Waals surface area contributed by atoms with E-state index >= 15 is 0 Å². The molecule has 1 heterocycles. The van der Waals surface area contributed by atoms with Gasteiger partial charge in [0.25, 0.3) is 0 Å². The van der Waals surface area contributed by atoms with E-state index in [1.165, 1.54) is 0 Å². The number of ether oxygens (including phenoxy) is 2. The fraction of sp³-hybridized carbons (Fsp3) is 0.118. The molecule has 0 saturated heterocycles. The van der Waals surface area contributed by atoms with E-state index in [2.05, 4.69) is 9.47 Å². The Labute approximate surface area is 151 Å². The lowest BCUT2D eigenvalue weighted by molar-refractivity contribution is -0.189. The number of carbonyl (C=O) groups excluding carboxylic acids is 1. The van der Waals surface area contributed by atoms with Crippen LogP contribution in [0.15, 0.2) is 12.1 Å². The summed E-state index contributed by atoms with van der Waals surface area (Å²) in [5, 5.41) is 1.64. The maximum absolute atomic E-state index is 14.3. The number of terminal acetylenes is 1. The van der Waals surface area contributed by atoms with Crippen LogP contribution in [0.1, 0.15) is 0 Å². The topological polar surface area (TPSA) is 47.6 Å². The summed E-state index contributed by atoms with van der Waals surface area (Å²) in [7, 11) is 0. The standard InChI is InChI=1S/C17H6F7NO3/c1-2-3-27-15-13(21)11(19)10(12(20)14(15)22)6-4-8-9(5-7(6)18)28-17(23,24)16(26)25-8/h1,4-5H,3H2,(H,25,26). The van der Waals surface area contributed by atoms with Gasteiger partial charge in [0, 0.05) is 11.6 Å². The SMILES string of the molecule is C#CCOc1c(F)c(F)c(-c2cc3c(cc2F)OC(F)(F)C(=O)N3)c(F)c1F. The van der Waals surface area contributed by atoms with E-state index in [9.17, 15) is 35.5 Å². The molecular weight excluding hydrogens is 399 g/mol. The molecule has 1 amide bonds. The van der Waals surface area contributed by atoms with Gasteiger partial charge in [-0.15, -0.1) is 6.42 Å². The second kappa shape index (κ2) is 6.63. The molecule has 1 N–H and O–H groups in total. The van der Waals surface area contributed by atoms with Gasteiger partial charge in [-0.25, -0.2) is 13.2 Å². The highest BCUT2D eigenvalue weighted by atomic mass is 19.3. The normalized spacial score (nSPS) is 14.6. The van der Waals surface area contributed by atoms with Crippen molar-refractivity contribution in [3.8, 4) is 35.0 Å². The third-order valence-corrected chi connectivity index (χ3v) is 3.61. The van der Waals surface area contributed by atoms with Gasteiger partial charge in [0.2, 0.25) is 11.6 Å². The highest BCUT2D eigenvalue weighted by molar-refractivity contribution is 5.99. The van der Waals surface area contributed by atoms with E-state index in [1.807, 2.05) is 5.92 Å². The van der Waals surface area contributed by atoms with E-state index in [4.69, 9.17) is 6.42 Å². The van der Waals surface area contributed by atoms with Crippen molar-refractivity contribution in [2.24, 2.45) is 0 Å². The molecule has 0 fully saturated rings. The third-order valence-electron chi connectivity index (χ3n) is 3.61. The molecule has 11 heteroatoms. The zero-order valence-electron chi connectivity index (χ0n) is 13.3. The molecule has 0 bridgehead atoms. The highest BCUT2D eigenvalue weighted by Gasteiger charge is 2.46. The maximum Gasteiger partial charge on any atom is 0.482 e. The zero-order chi connectivity index (χ0) is 20.8. The first kappa shape index (κ1) is 19.3. The number of hydrogen-bond acceptors (Lipinski definition) is 3. The minimum Gasteiger partial charge on any atom is -0.475 e. The van der Waals surface area contributed by atoms with Gasteiger partial charge in [-0.3, -0.25) is 4.79 Å². The molecule has 2 aromatic rings.